The van der Waals surface area contributed by atoms with Gasteiger partial charge in [-0.05, 0) is 30.3 Å². The summed E-state index contributed by atoms with van der Waals surface area (Å²) in [6.07, 6.45) is 0. The Kier molecular flexibility index (Phi) is 7.69. The van der Waals surface area contributed by atoms with E-state index in [-0.39, 0.29) is 21.9 Å². The highest BCUT2D eigenvalue weighted by Gasteiger charge is 2.20. The van der Waals surface area contributed by atoms with Crippen LogP contribution in [0.25, 0.3) is 11.3 Å². The van der Waals surface area contributed by atoms with Crippen molar-refractivity contribution in [3.05, 3.63) is 62.1 Å². The minimum absolute atomic E-state index is 0. The molecule has 0 aliphatic carbocycles. The third-order valence-corrected chi connectivity index (χ3v) is 7.72. The van der Waals surface area contributed by atoms with Crippen molar-refractivity contribution in [3.8, 4) is 11.3 Å². The van der Waals surface area contributed by atoms with E-state index in [9.17, 15) is 8.42 Å². The van der Waals surface area contributed by atoms with E-state index in [0.717, 1.165) is 20.5 Å². The van der Waals surface area contributed by atoms with Crippen molar-refractivity contribution in [2.24, 2.45) is 12.0 Å². The van der Waals surface area contributed by atoms with E-state index in [4.69, 9.17) is 11.6 Å². The van der Waals surface area contributed by atoms with Crippen molar-refractivity contribution < 1.29 is 8.42 Å². The molecule has 5 nitrogen and oxygen atoms in total. The smallest absolute Gasteiger partial charge is 0.242 e. The summed E-state index contributed by atoms with van der Waals surface area (Å²) in [7, 11) is 1.40. The highest BCUT2D eigenvalue weighted by Crippen LogP contribution is 2.31. The molecule has 10 heteroatoms. The van der Waals surface area contributed by atoms with Crippen LogP contribution < -0.4 is 4.80 Å². The van der Waals surface area contributed by atoms with Crippen LogP contribution in [0.5, 0.6) is 0 Å². The third-order valence-electron chi connectivity index (χ3n) is 3.99. The molecule has 0 aliphatic heterocycles. The second-order valence-corrected chi connectivity index (χ2v) is 10.2. The molecular formula is C18H18Br2ClN3O2S2. The number of halogens is 3. The second kappa shape index (κ2) is 9.23. The number of para-hydroxylation sites is 1. The molecular weight excluding hydrogens is 550 g/mol. The van der Waals surface area contributed by atoms with Gasteiger partial charge < -0.3 is 4.57 Å². The van der Waals surface area contributed by atoms with Gasteiger partial charge >= 0.3 is 0 Å². The highest BCUT2D eigenvalue weighted by molar-refractivity contribution is 9.10. The summed E-state index contributed by atoms with van der Waals surface area (Å²) >= 11 is 11.2. The van der Waals surface area contributed by atoms with Crippen LogP contribution in [0.4, 0.5) is 5.69 Å². The number of nitrogens with zero attached hydrogens (tertiary/aromatic N) is 3. The molecule has 0 atom stereocenters. The lowest BCUT2D eigenvalue weighted by Gasteiger charge is -2.13. The predicted molar refractivity (Wildman–Crippen MR) is 124 cm³/mol. The molecule has 0 N–H and O–H groups in total. The van der Waals surface area contributed by atoms with Crippen molar-refractivity contribution in [2.75, 3.05) is 14.1 Å². The Bertz CT molecular complexity index is 1170. The van der Waals surface area contributed by atoms with E-state index in [1.165, 1.54) is 29.7 Å². The third kappa shape index (κ3) is 4.60. The van der Waals surface area contributed by atoms with Gasteiger partial charge in [0, 0.05) is 36.6 Å². The first-order chi connectivity index (χ1) is 12.7. The lowest BCUT2D eigenvalue weighted by Crippen LogP contribution is -2.22. The van der Waals surface area contributed by atoms with Crippen LogP contribution in [-0.4, -0.2) is 31.4 Å². The minimum atomic E-state index is -3.52. The zero-order chi connectivity index (χ0) is 19.8. The summed E-state index contributed by atoms with van der Waals surface area (Å²) in [5.41, 5.74) is 2.32. The van der Waals surface area contributed by atoms with Gasteiger partial charge in [-0.1, -0.05) is 39.7 Å². The van der Waals surface area contributed by atoms with Crippen molar-refractivity contribution in [2.45, 2.75) is 4.90 Å². The lowest BCUT2D eigenvalue weighted by atomic mass is 10.2. The van der Waals surface area contributed by atoms with Crippen LogP contribution in [0, 0.1) is 0 Å². The molecule has 0 radical (unpaired) electrons. The number of aromatic nitrogens is 1. The molecule has 1 heterocycles. The lowest BCUT2D eigenvalue weighted by molar-refractivity contribution is 0.521. The van der Waals surface area contributed by atoms with Crippen LogP contribution in [0.15, 0.2) is 62.2 Å². The topological polar surface area (TPSA) is 54.7 Å². The Labute approximate surface area is 192 Å². The van der Waals surface area contributed by atoms with Crippen LogP contribution in [0.1, 0.15) is 0 Å². The number of benzene rings is 2. The van der Waals surface area contributed by atoms with E-state index in [0.29, 0.717) is 10.7 Å². The van der Waals surface area contributed by atoms with Gasteiger partial charge in [-0.25, -0.2) is 17.7 Å². The zero-order valence-electron chi connectivity index (χ0n) is 15.3. The molecule has 0 fully saturated rings. The number of hydrogen-bond acceptors (Lipinski definition) is 4. The predicted octanol–water partition coefficient (Wildman–Crippen LogP) is 5.23. The molecule has 150 valence electrons. The monoisotopic (exact) mass is 565 g/mol. The van der Waals surface area contributed by atoms with Gasteiger partial charge in [0.1, 0.15) is 0 Å². The average Bonchev–Trinajstić information content (AvgIpc) is 2.97. The number of hydrogen-bond donors (Lipinski definition) is 0. The van der Waals surface area contributed by atoms with Gasteiger partial charge in [0.25, 0.3) is 0 Å². The molecule has 3 aromatic rings. The van der Waals surface area contributed by atoms with Gasteiger partial charge in [0.2, 0.25) is 10.0 Å². The summed E-state index contributed by atoms with van der Waals surface area (Å²) in [5, 5.41) is 2.52. The first kappa shape index (κ1) is 23.3. The molecule has 3 rings (SSSR count). The fourth-order valence-electron chi connectivity index (χ4n) is 2.43. The average molecular weight is 568 g/mol. The van der Waals surface area contributed by atoms with E-state index in [2.05, 4.69) is 20.9 Å². The van der Waals surface area contributed by atoms with Crippen molar-refractivity contribution in [1.82, 2.24) is 8.87 Å². The summed E-state index contributed by atoms with van der Waals surface area (Å²) in [4.78, 5) is 5.62. The largest absolute Gasteiger partial charge is 0.320 e. The van der Waals surface area contributed by atoms with Crippen LogP contribution in [0.2, 0.25) is 5.02 Å². The van der Waals surface area contributed by atoms with E-state index in [1.54, 1.807) is 24.3 Å². The van der Waals surface area contributed by atoms with Gasteiger partial charge in [-0.15, -0.1) is 28.3 Å². The fraction of sp³-hybridized carbons (Fsp3) is 0.167. The molecule has 0 saturated heterocycles. The van der Waals surface area contributed by atoms with Crippen molar-refractivity contribution >= 4 is 71.6 Å². The fourth-order valence-corrected chi connectivity index (χ4v) is 4.90. The van der Waals surface area contributed by atoms with Crippen LogP contribution in [0.3, 0.4) is 0 Å². The number of thiazole rings is 1. The molecule has 0 bridgehead atoms. The van der Waals surface area contributed by atoms with E-state index >= 15 is 0 Å². The van der Waals surface area contributed by atoms with E-state index < -0.39 is 10.0 Å². The van der Waals surface area contributed by atoms with Gasteiger partial charge in [-0.3, -0.25) is 0 Å². The molecule has 0 spiro atoms. The van der Waals surface area contributed by atoms with Gasteiger partial charge in [-0.2, -0.15) is 0 Å². The van der Waals surface area contributed by atoms with Gasteiger partial charge in [0.15, 0.2) is 4.80 Å². The van der Waals surface area contributed by atoms with Crippen molar-refractivity contribution in [3.63, 3.8) is 0 Å². The summed E-state index contributed by atoms with van der Waals surface area (Å²) in [6.45, 7) is 0. The Hall–Kier alpha value is -0.970. The molecule has 0 aliphatic rings. The standard InChI is InChI=1S/C18H17BrClN3O2S2.BrH/c1-22(2)27(24,25)12-8-9-14(19)13(10-12)17-11-26-18(23(17)3)21-16-7-5-4-6-15(16)20;/h4-11H,1-3H3;1H/b21-18+;. The summed E-state index contributed by atoms with van der Waals surface area (Å²) in [6, 6.07) is 12.4. The normalized spacial score (nSPS) is 12.3. The molecule has 0 saturated carbocycles. The maximum Gasteiger partial charge on any atom is 0.242 e. The Morgan fingerprint density at radius 2 is 1.86 bits per heavy atom. The molecule has 0 amide bonds. The maximum atomic E-state index is 12.5. The first-order valence-electron chi connectivity index (χ1n) is 7.88. The zero-order valence-corrected chi connectivity index (χ0v) is 20.9. The first-order valence-corrected chi connectivity index (χ1v) is 11.4. The SMILES string of the molecule is Br.CN(C)S(=O)(=O)c1ccc(Br)c(-c2cs/c(=N/c3ccccc3Cl)n2C)c1. The highest BCUT2D eigenvalue weighted by atomic mass is 79.9. The van der Waals surface area contributed by atoms with Crippen molar-refractivity contribution in [1.29, 1.82) is 0 Å². The molecule has 28 heavy (non-hydrogen) atoms. The Morgan fingerprint density at radius 3 is 2.50 bits per heavy atom. The molecule has 0 unspecified atom stereocenters. The number of rotatable bonds is 4. The minimum Gasteiger partial charge on any atom is -0.320 e. The van der Waals surface area contributed by atoms with Crippen LogP contribution >= 0.6 is 55.8 Å². The molecule has 2 aromatic carbocycles. The van der Waals surface area contributed by atoms with Gasteiger partial charge in [0.05, 0.1) is 21.3 Å². The quantitative estimate of drug-likeness (QED) is 0.434. The second-order valence-electron chi connectivity index (χ2n) is 5.95. The Morgan fingerprint density at radius 1 is 1.18 bits per heavy atom. The molecule has 1 aromatic heterocycles. The maximum absolute atomic E-state index is 12.5. The summed E-state index contributed by atoms with van der Waals surface area (Å²) < 4.78 is 28.9. The summed E-state index contributed by atoms with van der Waals surface area (Å²) in [5.74, 6) is 0. The van der Waals surface area contributed by atoms with Crippen LogP contribution in [-0.2, 0) is 17.1 Å². The number of sulfonamides is 1. The van der Waals surface area contributed by atoms with E-state index in [1.807, 2.05) is 35.2 Å². The Balaban J connectivity index is 0.00000280.